The molecule has 5 nitrogen and oxygen atoms in total. The molecular weight excluding hydrogens is 386 g/mol. The molecule has 0 fully saturated rings. The molecule has 0 bridgehead atoms. The van der Waals surface area contributed by atoms with Crippen molar-refractivity contribution in [1.29, 1.82) is 0 Å². The van der Waals surface area contributed by atoms with Crippen molar-refractivity contribution in [3.8, 4) is 5.75 Å². The second-order valence-electron chi connectivity index (χ2n) is 6.35. The minimum Gasteiger partial charge on any atom is -0.481 e. The Morgan fingerprint density at radius 3 is 2.72 bits per heavy atom. The highest BCUT2D eigenvalue weighted by molar-refractivity contribution is 8.04. The van der Waals surface area contributed by atoms with Crippen LogP contribution < -0.4 is 10.1 Å². The maximum atomic E-state index is 12.6. The van der Waals surface area contributed by atoms with Gasteiger partial charge in [-0.05, 0) is 42.0 Å². The number of hydrogen-bond donors (Lipinski definition) is 1. The van der Waals surface area contributed by atoms with E-state index in [0.717, 1.165) is 26.9 Å². The molecule has 29 heavy (non-hydrogen) atoms. The van der Waals surface area contributed by atoms with Gasteiger partial charge in [0.25, 0.3) is 5.91 Å². The number of carbonyl (C=O) groups is 2. The number of hydrogen-bond acceptors (Lipinski definition) is 5. The first-order valence-corrected chi connectivity index (χ1v) is 10.1. The summed E-state index contributed by atoms with van der Waals surface area (Å²) < 4.78 is 10.7. The molecule has 0 radical (unpaired) electrons. The number of thioether (sulfide) groups is 1. The first-order valence-electron chi connectivity index (χ1n) is 9.26. The van der Waals surface area contributed by atoms with Crippen LogP contribution in [0.5, 0.6) is 5.75 Å². The Morgan fingerprint density at radius 2 is 1.86 bits per heavy atom. The smallest absolute Gasteiger partial charge is 0.344 e. The van der Waals surface area contributed by atoms with Crippen LogP contribution in [0.2, 0.25) is 0 Å². The first kappa shape index (κ1) is 19.1. The van der Waals surface area contributed by atoms with Gasteiger partial charge in [0.2, 0.25) is 0 Å². The number of benzene rings is 3. The molecule has 0 saturated heterocycles. The van der Waals surface area contributed by atoms with Gasteiger partial charge in [-0.15, -0.1) is 0 Å². The molecule has 1 amide bonds. The molecule has 1 aliphatic heterocycles. The maximum absolute atomic E-state index is 12.6. The number of ether oxygens (including phenoxy) is 2. The van der Waals surface area contributed by atoms with Crippen LogP contribution in [-0.2, 0) is 14.3 Å². The molecule has 3 aromatic carbocycles. The van der Waals surface area contributed by atoms with Gasteiger partial charge in [-0.25, -0.2) is 4.79 Å². The van der Waals surface area contributed by atoms with Gasteiger partial charge in [0.1, 0.15) is 5.75 Å². The Labute approximate surface area is 172 Å². The van der Waals surface area contributed by atoms with Gasteiger partial charge >= 0.3 is 5.97 Å². The van der Waals surface area contributed by atoms with Crippen LogP contribution in [0.3, 0.4) is 0 Å². The van der Waals surface area contributed by atoms with Crippen molar-refractivity contribution in [2.24, 2.45) is 0 Å². The quantitative estimate of drug-likeness (QED) is 0.485. The van der Waals surface area contributed by atoms with Crippen LogP contribution in [0.4, 0.5) is 5.69 Å². The van der Waals surface area contributed by atoms with E-state index >= 15 is 0 Å². The van der Waals surface area contributed by atoms with E-state index in [2.05, 4.69) is 5.32 Å². The monoisotopic (exact) mass is 405 g/mol. The fourth-order valence-corrected chi connectivity index (χ4v) is 4.06. The van der Waals surface area contributed by atoms with Crippen LogP contribution in [0.15, 0.2) is 70.5 Å². The van der Waals surface area contributed by atoms with Crippen molar-refractivity contribution in [1.82, 2.24) is 0 Å². The number of anilines is 1. The SMILES string of the molecule is CCOC(=O)COc1ccc2ccccc2c1/C=C1\Sc2ccccc2NC1=O. The number of esters is 1. The van der Waals surface area contributed by atoms with Gasteiger partial charge in [-0.2, -0.15) is 0 Å². The summed E-state index contributed by atoms with van der Waals surface area (Å²) in [4.78, 5) is 25.9. The maximum Gasteiger partial charge on any atom is 0.344 e. The Hall–Kier alpha value is -3.25. The van der Waals surface area contributed by atoms with Gasteiger partial charge in [0.15, 0.2) is 6.61 Å². The molecule has 0 unspecified atom stereocenters. The lowest BCUT2D eigenvalue weighted by Gasteiger charge is -2.19. The minimum atomic E-state index is -0.432. The van der Waals surface area contributed by atoms with Crippen molar-refractivity contribution < 1.29 is 19.1 Å². The van der Waals surface area contributed by atoms with Crippen LogP contribution in [0.1, 0.15) is 12.5 Å². The van der Waals surface area contributed by atoms with E-state index < -0.39 is 5.97 Å². The Bertz CT molecular complexity index is 1120. The fraction of sp³-hybridized carbons (Fsp3) is 0.130. The number of para-hydroxylation sites is 1. The molecule has 0 aliphatic carbocycles. The van der Waals surface area contributed by atoms with E-state index in [-0.39, 0.29) is 12.5 Å². The highest BCUT2D eigenvalue weighted by Crippen LogP contribution is 2.40. The third kappa shape index (κ3) is 4.12. The zero-order chi connectivity index (χ0) is 20.2. The summed E-state index contributed by atoms with van der Waals surface area (Å²) in [6.45, 7) is 1.86. The molecule has 1 heterocycles. The van der Waals surface area contributed by atoms with Gasteiger partial charge in [0, 0.05) is 10.5 Å². The summed E-state index contributed by atoms with van der Waals surface area (Å²) >= 11 is 1.41. The topological polar surface area (TPSA) is 64.6 Å². The van der Waals surface area contributed by atoms with Gasteiger partial charge < -0.3 is 14.8 Å². The molecule has 1 aliphatic rings. The molecule has 0 saturated carbocycles. The molecule has 3 aromatic rings. The fourth-order valence-electron chi connectivity index (χ4n) is 3.12. The largest absolute Gasteiger partial charge is 0.481 e. The molecule has 0 spiro atoms. The summed E-state index contributed by atoms with van der Waals surface area (Å²) in [7, 11) is 0. The molecule has 0 atom stereocenters. The Kier molecular flexibility index (Phi) is 5.53. The first-order chi connectivity index (χ1) is 14.2. The third-order valence-corrected chi connectivity index (χ3v) is 5.54. The molecule has 0 aromatic heterocycles. The number of amides is 1. The molecule has 146 valence electrons. The van der Waals surface area contributed by atoms with Crippen LogP contribution >= 0.6 is 11.8 Å². The molecule has 6 heteroatoms. The van der Waals surface area contributed by atoms with Crippen molar-refractivity contribution in [3.05, 3.63) is 71.1 Å². The zero-order valence-corrected chi connectivity index (χ0v) is 16.6. The van der Waals surface area contributed by atoms with E-state index in [0.29, 0.717) is 17.3 Å². The third-order valence-electron chi connectivity index (χ3n) is 4.44. The van der Waals surface area contributed by atoms with Crippen molar-refractivity contribution >= 4 is 46.2 Å². The van der Waals surface area contributed by atoms with E-state index in [1.54, 1.807) is 6.92 Å². The van der Waals surface area contributed by atoms with E-state index in [1.807, 2.05) is 66.7 Å². The highest BCUT2D eigenvalue weighted by atomic mass is 32.2. The van der Waals surface area contributed by atoms with Gasteiger partial charge in [-0.3, -0.25) is 4.79 Å². The predicted octanol–water partition coefficient (Wildman–Crippen LogP) is 4.87. The zero-order valence-electron chi connectivity index (χ0n) is 15.8. The number of fused-ring (bicyclic) bond motifs is 2. The van der Waals surface area contributed by atoms with Crippen LogP contribution in [0.25, 0.3) is 16.8 Å². The second-order valence-corrected chi connectivity index (χ2v) is 7.44. The average Bonchev–Trinajstić information content (AvgIpc) is 2.73. The van der Waals surface area contributed by atoms with Crippen molar-refractivity contribution in [2.75, 3.05) is 18.5 Å². The Morgan fingerprint density at radius 1 is 1.07 bits per heavy atom. The summed E-state index contributed by atoms with van der Waals surface area (Å²) in [6.07, 6.45) is 1.82. The normalized spacial score (nSPS) is 14.4. The Balaban J connectivity index is 1.75. The van der Waals surface area contributed by atoms with Crippen molar-refractivity contribution in [3.63, 3.8) is 0 Å². The summed E-state index contributed by atoms with van der Waals surface area (Å²) in [5.41, 5.74) is 1.56. The van der Waals surface area contributed by atoms with E-state index in [9.17, 15) is 9.59 Å². The summed E-state index contributed by atoms with van der Waals surface area (Å²) in [6, 6.07) is 19.3. The standard InChI is InChI=1S/C23H19NO4S/c1-2-27-22(25)14-28-19-12-11-15-7-3-4-8-16(15)17(19)13-21-23(26)24-18-9-5-6-10-20(18)29-21/h3-13H,2,14H2,1H3,(H,24,26)/b21-13-. The lowest BCUT2D eigenvalue weighted by molar-refractivity contribution is -0.145. The lowest BCUT2D eigenvalue weighted by atomic mass is 10.0. The van der Waals surface area contributed by atoms with E-state index in [4.69, 9.17) is 9.47 Å². The van der Waals surface area contributed by atoms with Gasteiger partial charge in [-0.1, -0.05) is 54.2 Å². The number of rotatable bonds is 5. The lowest BCUT2D eigenvalue weighted by Crippen LogP contribution is -2.17. The highest BCUT2D eigenvalue weighted by Gasteiger charge is 2.22. The van der Waals surface area contributed by atoms with Gasteiger partial charge in [0.05, 0.1) is 17.2 Å². The minimum absolute atomic E-state index is 0.169. The summed E-state index contributed by atoms with van der Waals surface area (Å²) in [5, 5.41) is 4.88. The molecule has 4 rings (SSSR count). The average molecular weight is 405 g/mol. The predicted molar refractivity (Wildman–Crippen MR) is 115 cm³/mol. The second kappa shape index (κ2) is 8.41. The molecule has 1 N–H and O–H groups in total. The van der Waals surface area contributed by atoms with Crippen LogP contribution in [-0.4, -0.2) is 25.1 Å². The number of carbonyl (C=O) groups excluding carboxylic acids is 2. The van der Waals surface area contributed by atoms with E-state index in [1.165, 1.54) is 11.8 Å². The summed E-state index contributed by atoms with van der Waals surface area (Å²) in [5.74, 6) is -0.0764. The number of nitrogens with one attached hydrogen (secondary N) is 1. The van der Waals surface area contributed by atoms with Crippen molar-refractivity contribution in [2.45, 2.75) is 11.8 Å². The molecular formula is C23H19NO4S. The van der Waals surface area contributed by atoms with Crippen LogP contribution in [0, 0.1) is 0 Å².